The molecule has 0 heterocycles. The Labute approximate surface area is 137 Å². The first-order chi connectivity index (χ1) is 10.1. The van der Waals surface area contributed by atoms with Gasteiger partial charge in [0.1, 0.15) is 0 Å². The van der Waals surface area contributed by atoms with Crippen LogP contribution in [0.15, 0.2) is 56.7 Å². The fraction of sp³-hybridized carbons (Fsp3) is 0.0769. The van der Waals surface area contributed by atoms with Gasteiger partial charge in [-0.25, -0.2) is 22.0 Å². The van der Waals surface area contributed by atoms with Gasteiger partial charge in [0.2, 0.25) is 10.0 Å². The number of hydrogen-bond acceptors (Lipinski definition) is 4. The normalized spacial score (nSPS) is 12.1. The van der Waals surface area contributed by atoms with E-state index in [-0.39, 0.29) is 9.79 Å². The molecule has 2 aromatic rings. The second-order valence-electron chi connectivity index (χ2n) is 4.59. The Hall–Kier alpha value is -1.42. The van der Waals surface area contributed by atoms with E-state index < -0.39 is 20.0 Å². The lowest BCUT2D eigenvalue weighted by molar-refractivity contribution is 0.597. The predicted octanol–water partition coefficient (Wildman–Crippen LogP) is 2.21. The molecule has 0 amide bonds. The van der Waals surface area contributed by atoms with Gasteiger partial charge in [0.05, 0.1) is 9.79 Å². The molecule has 9 heteroatoms. The molecule has 0 aromatic heterocycles. The SMILES string of the molecule is Cc1ccc(NS(=O)(=O)c2cccc(S(N)(=O)=O)c2)cc1Br. The molecule has 0 bridgehead atoms. The zero-order valence-electron chi connectivity index (χ0n) is 11.4. The first-order valence-electron chi connectivity index (χ1n) is 6.01. The number of rotatable bonds is 4. The predicted molar refractivity (Wildman–Crippen MR) is 87.5 cm³/mol. The Balaban J connectivity index is 2.40. The highest BCUT2D eigenvalue weighted by Crippen LogP contribution is 2.23. The maximum atomic E-state index is 12.3. The van der Waals surface area contributed by atoms with E-state index in [0.717, 1.165) is 16.1 Å². The average molecular weight is 405 g/mol. The Morgan fingerprint density at radius 2 is 1.64 bits per heavy atom. The molecular weight excluding hydrogens is 392 g/mol. The minimum absolute atomic E-state index is 0.185. The summed E-state index contributed by atoms with van der Waals surface area (Å²) in [5, 5.41) is 5.01. The number of sulfonamides is 2. The van der Waals surface area contributed by atoms with Crippen LogP contribution in [0.2, 0.25) is 0 Å². The first kappa shape index (κ1) is 16.9. The van der Waals surface area contributed by atoms with E-state index >= 15 is 0 Å². The lowest BCUT2D eigenvalue weighted by Crippen LogP contribution is -2.16. The highest BCUT2D eigenvalue weighted by Gasteiger charge is 2.17. The minimum atomic E-state index is -3.97. The van der Waals surface area contributed by atoms with Crippen LogP contribution in [-0.4, -0.2) is 16.8 Å². The summed E-state index contributed by atoms with van der Waals surface area (Å²) in [5.74, 6) is 0. The number of hydrogen-bond donors (Lipinski definition) is 2. The standard InChI is InChI=1S/C13H13BrN2O4S2/c1-9-5-6-10(7-13(9)14)16-22(19,20)12-4-2-3-11(8-12)21(15,17)18/h2-8,16H,1H3,(H2,15,17,18). The fourth-order valence-corrected chi connectivity index (χ4v) is 3.80. The molecule has 0 atom stereocenters. The maximum Gasteiger partial charge on any atom is 0.261 e. The summed E-state index contributed by atoms with van der Waals surface area (Å²) in [6, 6.07) is 9.84. The van der Waals surface area contributed by atoms with Gasteiger partial charge in [0.25, 0.3) is 10.0 Å². The number of halogens is 1. The van der Waals surface area contributed by atoms with Gasteiger partial charge < -0.3 is 0 Å². The van der Waals surface area contributed by atoms with E-state index in [2.05, 4.69) is 20.7 Å². The van der Waals surface area contributed by atoms with E-state index in [1.54, 1.807) is 18.2 Å². The molecule has 2 aromatic carbocycles. The van der Waals surface area contributed by atoms with Crippen molar-refractivity contribution in [3.63, 3.8) is 0 Å². The van der Waals surface area contributed by atoms with Crippen molar-refractivity contribution in [1.82, 2.24) is 0 Å². The van der Waals surface area contributed by atoms with Crippen LogP contribution in [0.25, 0.3) is 0 Å². The van der Waals surface area contributed by atoms with Crippen LogP contribution in [0.1, 0.15) is 5.56 Å². The van der Waals surface area contributed by atoms with Crippen LogP contribution in [0.4, 0.5) is 5.69 Å². The summed E-state index contributed by atoms with van der Waals surface area (Å²) in [5.41, 5.74) is 1.32. The van der Waals surface area contributed by atoms with Crippen molar-refractivity contribution in [2.24, 2.45) is 5.14 Å². The summed E-state index contributed by atoms with van der Waals surface area (Å²) in [4.78, 5) is -0.448. The Morgan fingerprint density at radius 3 is 2.23 bits per heavy atom. The van der Waals surface area contributed by atoms with Crippen molar-refractivity contribution in [3.8, 4) is 0 Å². The number of nitrogens with two attached hydrogens (primary N) is 1. The van der Waals surface area contributed by atoms with Gasteiger partial charge in [0, 0.05) is 10.2 Å². The molecule has 22 heavy (non-hydrogen) atoms. The smallest absolute Gasteiger partial charge is 0.261 e. The van der Waals surface area contributed by atoms with Gasteiger partial charge >= 0.3 is 0 Å². The largest absolute Gasteiger partial charge is 0.280 e. The molecule has 3 N–H and O–H groups in total. The number of nitrogens with one attached hydrogen (secondary N) is 1. The van der Waals surface area contributed by atoms with E-state index in [0.29, 0.717) is 5.69 Å². The zero-order valence-corrected chi connectivity index (χ0v) is 14.7. The summed E-state index contributed by atoms with van der Waals surface area (Å²) >= 11 is 3.32. The monoisotopic (exact) mass is 404 g/mol. The van der Waals surface area contributed by atoms with Crippen LogP contribution in [0, 0.1) is 6.92 Å². The number of benzene rings is 2. The van der Waals surface area contributed by atoms with Gasteiger partial charge in [0.15, 0.2) is 0 Å². The first-order valence-corrected chi connectivity index (χ1v) is 9.84. The Morgan fingerprint density at radius 1 is 1.00 bits per heavy atom. The molecule has 2 rings (SSSR count). The van der Waals surface area contributed by atoms with Gasteiger partial charge in [-0.1, -0.05) is 28.1 Å². The third-order valence-electron chi connectivity index (χ3n) is 2.87. The third kappa shape index (κ3) is 3.86. The van der Waals surface area contributed by atoms with E-state index in [9.17, 15) is 16.8 Å². The van der Waals surface area contributed by atoms with Crippen molar-refractivity contribution in [2.75, 3.05) is 4.72 Å². The van der Waals surface area contributed by atoms with Crippen LogP contribution in [0.3, 0.4) is 0 Å². The molecule has 118 valence electrons. The molecule has 0 aliphatic heterocycles. The highest BCUT2D eigenvalue weighted by molar-refractivity contribution is 9.10. The van der Waals surface area contributed by atoms with Crippen molar-refractivity contribution in [3.05, 3.63) is 52.5 Å². The molecule has 6 nitrogen and oxygen atoms in total. The lowest BCUT2D eigenvalue weighted by atomic mass is 10.2. The Kier molecular flexibility index (Phi) is 4.62. The molecule has 0 saturated carbocycles. The van der Waals surface area contributed by atoms with Crippen LogP contribution in [0.5, 0.6) is 0 Å². The molecule has 0 radical (unpaired) electrons. The summed E-state index contributed by atoms with van der Waals surface area (Å²) in [6.45, 7) is 1.87. The van der Waals surface area contributed by atoms with Crippen LogP contribution in [-0.2, 0) is 20.0 Å². The number of aryl methyl sites for hydroxylation is 1. The van der Waals surface area contributed by atoms with E-state index in [4.69, 9.17) is 5.14 Å². The van der Waals surface area contributed by atoms with Crippen molar-refractivity contribution >= 4 is 41.7 Å². The maximum absolute atomic E-state index is 12.3. The summed E-state index contributed by atoms with van der Waals surface area (Å²) in [7, 11) is -7.89. The van der Waals surface area contributed by atoms with Crippen LogP contribution < -0.4 is 9.86 Å². The third-order valence-corrected chi connectivity index (χ3v) is 6.01. The van der Waals surface area contributed by atoms with Crippen molar-refractivity contribution in [1.29, 1.82) is 0 Å². The lowest BCUT2D eigenvalue weighted by Gasteiger charge is -2.10. The van der Waals surface area contributed by atoms with E-state index in [1.165, 1.54) is 18.2 Å². The van der Waals surface area contributed by atoms with Gasteiger partial charge in [-0.2, -0.15) is 0 Å². The van der Waals surface area contributed by atoms with Crippen molar-refractivity contribution < 1.29 is 16.8 Å². The fourth-order valence-electron chi connectivity index (χ4n) is 1.69. The van der Waals surface area contributed by atoms with Crippen molar-refractivity contribution in [2.45, 2.75) is 16.7 Å². The van der Waals surface area contributed by atoms with Gasteiger partial charge in [-0.3, -0.25) is 4.72 Å². The quantitative estimate of drug-likeness (QED) is 0.813. The topological polar surface area (TPSA) is 106 Å². The van der Waals surface area contributed by atoms with Crippen LogP contribution >= 0.6 is 15.9 Å². The Bertz CT molecular complexity index is 925. The second-order valence-corrected chi connectivity index (χ2v) is 8.69. The molecule has 0 aliphatic carbocycles. The number of anilines is 1. The van der Waals surface area contributed by atoms with Gasteiger partial charge in [-0.15, -0.1) is 0 Å². The number of primary sulfonamides is 1. The second kappa shape index (κ2) is 5.99. The zero-order chi connectivity index (χ0) is 16.5. The molecule has 0 saturated heterocycles. The molecule has 0 fully saturated rings. The highest BCUT2D eigenvalue weighted by atomic mass is 79.9. The van der Waals surface area contributed by atoms with Gasteiger partial charge in [-0.05, 0) is 42.8 Å². The molecule has 0 spiro atoms. The molecule has 0 unspecified atom stereocenters. The summed E-state index contributed by atoms with van der Waals surface area (Å²) in [6.07, 6.45) is 0. The molecule has 0 aliphatic rings. The average Bonchev–Trinajstić information content (AvgIpc) is 2.42. The summed E-state index contributed by atoms with van der Waals surface area (Å²) < 4.78 is 50.4. The minimum Gasteiger partial charge on any atom is -0.280 e. The van der Waals surface area contributed by atoms with E-state index in [1.807, 2.05) is 6.92 Å². The molecular formula is C13H13BrN2O4S2.